The Morgan fingerprint density at radius 1 is 1.36 bits per heavy atom. The lowest BCUT2D eigenvalue weighted by Gasteiger charge is -2.27. The van der Waals surface area contributed by atoms with E-state index >= 15 is 0 Å². The van der Waals surface area contributed by atoms with Gasteiger partial charge in [-0.25, -0.2) is 4.79 Å². The Labute approximate surface area is 169 Å². The van der Waals surface area contributed by atoms with E-state index in [9.17, 15) is 14.4 Å². The van der Waals surface area contributed by atoms with E-state index in [0.717, 1.165) is 0 Å². The van der Waals surface area contributed by atoms with Gasteiger partial charge in [-0.2, -0.15) is 0 Å². The smallest absolute Gasteiger partial charge is 0.354 e. The van der Waals surface area contributed by atoms with Gasteiger partial charge in [0.2, 0.25) is 0 Å². The first-order valence-electron chi connectivity index (χ1n) is 9.07. The van der Waals surface area contributed by atoms with E-state index in [1.54, 1.807) is 36.6 Å². The molecule has 150 valence electrons. The number of hydrogen-bond acceptors (Lipinski definition) is 5. The fraction of sp³-hybridized carbons (Fsp3) is 0.381. The molecule has 0 aromatic carbocycles. The van der Waals surface area contributed by atoms with Crippen LogP contribution in [-0.2, 0) is 11.3 Å². The minimum Gasteiger partial charge on any atom is -0.464 e. The first-order chi connectivity index (χ1) is 13.3. The van der Waals surface area contributed by atoms with Gasteiger partial charge in [0.25, 0.3) is 5.91 Å². The minimum atomic E-state index is -0.705. The zero-order chi connectivity index (χ0) is 21.0. The Morgan fingerprint density at radius 3 is 2.54 bits per heavy atom. The SMILES string of the molecule is C=CCN(C(=O)c1cccs1)C(C)C(=O)c1c(C)c(C(=O)OC)n(CC)c1C. The molecule has 6 nitrogen and oxygen atoms in total. The number of thiophene rings is 1. The summed E-state index contributed by atoms with van der Waals surface area (Å²) in [7, 11) is 1.32. The third kappa shape index (κ3) is 3.80. The van der Waals surface area contributed by atoms with Crippen molar-refractivity contribution in [3.05, 3.63) is 57.6 Å². The van der Waals surface area contributed by atoms with Gasteiger partial charge in [-0.1, -0.05) is 12.1 Å². The van der Waals surface area contributed by atoms with Crippen molar-refractivity contribution in [1.82, 2.24) is 9.47 Å². The van der Waals surface area contributed by atoms with Crippen molar-refractivity contribution in [2.45, 2.75) is 40.3 Å². The Balaban J connectivity index is 2.48. The van der Waals surface area contributed by atoms with Gasteiger partial charge in [-0.3, -0.25) is 9.59 Å². The number of aromatic nitrogens is 1. The second-order valence-electron chi connectivity index (χ2n) is 6.43. The summed E-state index contributed by atoms with van der Waals surface area (Å²) in [6.45, 7) is 11.7. The summed E-state index contributed by atoms with van der Waals surface area (Å²) in [5, 5.41) is 1.82. The molecule has 0 saturated carbocycles. The normalized spacial score (nSPS) is 11.8. The highest BCUT2D eigenvalue weighted by atomic mass is 32.1. The van der Waals surface area contributed by atoms with Crippen LogP contribution < -0.4 is 0 Å². The molecule has 1 unspecified atom stereocenters. The summed E-state index contributed by atoms with van der Waals surface area (Å²) >= 11 is 1.33. The van der Waals surface area contributed by atoms with Crippen molar-refractivity contribution in [3.63, 3.8) is 0 Å². The van der Waals surface area contributed by atoms with E-state index in [-0.39, 0.29) is 18.2 Å². The molecule has 2 rings (SSSR count). The number of nitrogens with zero attached hydrogens (tertiary/aromatic N) is 2. The molecule has 2 aromatic rings. The lowest BCUT2D eigenvalue weighted by atomic mass is 9.99. The van der Waals surface area contributed by atoms with Crippen molar-refractivity contribution in [1.29, 1.82) is 0 Å². The monoisotopic (exact) mass is 402 g/mol. The van der Waals surface area contributed by atoms with Crippen molar-refractivity contribution in [3.8, 4) is 0 Å². The van der Waals surface area contributed by atoms with E-state index < -0.39 is 12.0 Å². The zero-order valence-corrected chi connectivity index (χ0v) is 17.8. The number of rotatable bonds is 8. The standard InChI is InChI=1S/C21H26N2O4S/c1-7-11-23(20(25)16-10-9-12-28-16)15(5)19(24)17-13(3)18(21(26)27-6)22(8-2)14(17)4/h7,9-10,12,15H,1,8,11H2,2-6H3. The van der Waals surface area contributed by atoms with Crippen LogP contribution in [0, 0.1) is 13.8 Å². The third-order valence-electron chi connectivity index (χ3n) is 4.87. The molecule has 0 saturated heterocycles. The Kier molecular flexibility index (Phi) is 6.96. The number of Topliss-reactive ketones (excluding diaryl/α,β-unsaturated/α-hetero) is 1. The van der Waals surface area contributed by atoms with Crippen LogP contribution in [0.15, 0.2) is 30.2 Å². The predicted octanol–water partition coefficient (Wildman–Crippen LogP) is 3.87. The average molecular weight is 403 g/mol. The molecule has 0 bridgehead atoms. The maximum Gasteiger partial charge on any atom is 0.354 e. The van der Waals surface area contributed by atoms with Gasteiger partial charge in [0.1, 0.15) is 5.69 Å². The molecular formula is C21H26N2O4S. The molecule has 2 heterocycles. The van der Waals surface area contributed by atoms with Crippen LogP contribution in [0.4, 0.5) is 0 Å². The number of amides is 1. The number of hydrogen-bond donors (Lipinski definition) is 0. The number of carbonyl (C=O) groups is 3. The largest absolute Gasteiger partial charge is 0.464 e. The van der Waals surface area contributed by atoms with Crippen molar-refractivity contribution in [2.75, 3.05) is 13.7 Å². The van der Waals surface area contributed by atoms with E-state index in [1.165, 1.54) is 23.3 Å². The first kappa shape index (κ1) is 21.6. The number of methoxy groups -OCH3 is 1. The molecule has 0 aliphatic carbocycles. The van der Waals surface area contributed by atoms with Gasteiger partial charge in [-0.05, 0) is 44.7 Å². The van der Waals surface area contributed by atoms with E-state index in [4.69, 9.17) is 4.74 Å². The van der Waals surface area contributed by atoms with Crippen molar-refractivity contribution < 1.29 is 19.1 Å². The van der Waals surface area contributed by atoms with Crippen LogP contribution in [0.3, 0.4) is 0 Å². The highest BCUT2D eigenvalue weighted by Gasteiger charge is 2.32. The van der Waals surface area contributed by atoms with Crippen LogP contribution in [-0.4, -0.2) is 46.8 Å². The number of ether oxygens (including phenoxy) is 1. The molecular weight excluding hydrogens is 376 g/mol. The summed E-state index contributed by atoms with van der Waals surface area (Å²) in [6.07, 6.45) is 1.60. The minimum absolute atomic E-state index is 0.209. The molecule has 28 heavy (non-hydrogen) atoms. The summed E-state index contributed by atoms with van der Waals surface area (Å²) in [4.78, 5) is 40.6. The maximum absolute atomic E-state index is 13.4. The number of ketones is 1. The Morgan fingerprint density at radius 2 is 2.04 bits per heavy atom. The van der Waals surface area contributed by atoms with Gasteiger partial charge in [0, 0.05) is 24.3 Å². The fourth-order valence-corrected chi connectivity index (χ4v) is 4.14. The second-order valence-corrected chi connectivity index (χ2v) is 7.38. The molecule has 0 fully saturated rings. The molecule has 7 heteroatoms. The second kappa shape index (κ2) is 9.01. The van der Waals surface area contributed by atoms with Gasteiger partial charge in [-0.15, -0.1) is 17.9 Å². The van der Waals surface area contributed by atoms with Crippen LogP contribution in [0.1, 0.15) is 55.6 Å². The van der Waals surface area contributed by atoms with Crippen molar-refractivity contribution >= 4 is 29.0 Å². The summed E-state index contributed by atoms with van der Waals surface area (Å²) in [5.74, 6) is -0.903. The van der Waals surface area contributed by atoms with E-state index in [2.05, 4.69) is 6.58 Å². The summed E-state index contributed by atoms with van der Waals surface area (Å²) in [5.41, 5.74) is 2.10. The van der Waals surface area contributed by atoms with Crippen LogP contribution in [0.5, 0.6) is 0 Å². The highest BCUT2D eigenvalue weighted by Crippen LogP contribution is 2.26. The Bertz CT molecular complexity index is 896. The number of esters is 1. The van der Waals surface area contributed by atoms with Gasteiger partial charge >= 0.3 is 5.97 Å². The first-order valence-corrected chi connectivity index (χ1v) is 9.95. The molecule has 0 aliphatic rings. The quantitative estimate of drug-likeness (QED) is 0.382. The predicted molar refractivity (Wildman–Crippen MR) is 110 cm³/mol. The lowest BCUT2D eigenvalue weighted by Crippen LogP contribution is -2.43. The molecule has 1 atom stereocenters. The molecule has 2 aromatic heterocycles. The van der Waals surface area contributed by atoms with Crippen LogP contribution >= 0.6 is 11.3 Å². The van der Waals surface area contributed by atoms with Crippen LogP contribution in [0.2, 0.25) is 0 Å². The lowest BCUT2D eigenvalue weighted by molar-refractivity contribution is 0.0587. The zero-order valence-electron chi connectivity index (χ0n) is 16.9. The highest BCUT2D eigenvalue weighted by molar-refractivity contribution is 7.12. The third-order valence-corrected chi connectivity index (χ3v) is 5.73. The molecule has 0 aliphatic heterocycles. The summed E-state index contributed by atoms with van der Waals surface area (Å²) in [6, 6.07) is 2.83. The Hall–Kier alpha value is -2.67. The summed E-state index contributed by atoms with van der Waals surface area (Å²) < 4.78 is 6.67. The van der Waals surface area contributed by atoms with Gasteiger partial charge in [0.15, 0.2) is 5.78 Å². The fourth-order valence-electron chi connectivity index (χ4n) is 3.46. The number of carbonyl (C=O) groups excluding carboxylic acids is 3. The molecule has 0 radical (unpaired) electrons. The van der Waals surface area contributed by atoms with Crippen molar-refractivity contribution in [2.24, 2.45) is 0 Å². The maximum atomic E-state index is 13.4. The van der Waals surface area contributed by atoms with E-state index in [0.29, 0.717) is 33.9 Å². The van der Waals surface area contributed by atoms with E-state index in [1.807, 2.05) is 19.2 Å². The van der Waals surface area contributed by atoms with Crippen LogP contribution in [0.25, 0.3) is 0 Å². The topological polar surface area (TPSA) is 68.6 Å². The molecule has 1 amide bonds. The molecule has 0 N–H and O–H groups in total. The van der Waals surface area contributed by atoms with Gasteiger partial charge < -0.3 is 14.2 Å². The average Bonchev–Trinajstić information content (AvgIpc) is 3.30. The molecule has 0 spiro atoms. The van der Waals surface area contributed by atoms with Gasteiger partial charge in [0.05, 0.1) is 18.0 Å².